The number of nitrogens with two attached hydrogens (primary N) is 1. The zero-order valence-corrected chi connectivity index (χ0v) is 9.62. The molecule has 2 unspecified atom stereocenters. The molecule has 0 heterocycles. The van der Waals surface area contributed by atoms with Crippen LogP contribution in [-0.4, -0.2) is 13.2 Å². The van der Waals surface area contributed by atoms with Crippen LogP contribution in [0.3, 0.4) is 0 Å². The highest BCUT2D eigenvalue weighted by Gasteiger charge is 2.38. The molecule has 1 aromatic rings. The van der Waals surface area contributed by atoms with E-state index in [1.807, 2.05) is 0 Å². The minimum absolute atomic E-state index is 0.214. The Morgan fingerprint density at radius 3 is 2.65 bits per heavy atom. The third kappa shape index (κ3) is 2.46. The highest BCUT2D eigenvalue weighted by atomic mass is 19.2. The number of rotatable bonds is 5. The summed E-state index contributed by atoms with van der Waals surface area (Å²) in [5.74, 6) is 4.08. The molecule has 0 amide bonds. The van der Waals surface area contributed by atoms with Crippen molar-refractivity contribution in [3.05, 3.63) is 35.4 Å². The largest absolute Gasteiger partial charge is 0.379 e. The van der Waals surface area contributed by atoms with Crippen LogP contribution in [0, 0.1) is 17.6 Å². The van der Waals surface area contributed by atoms with Crippen molar-refractivity contribution >= 4 is 0 Å². The number of nitrogens with one attached hydrogen (secondary N) is 1. The maximum absolute atomic E-state index is 13.7. The van der Waals surface area contributed by atoms with Gasteiger partial charge >= 0.3 is 0 Å². The monoisotopic (exact) mass is 242 g/mol. The van der Waals surface area contributed by atoms with E-state index in [4.69, 9.17) is 10.6 Å². The second-order valence-electron chi connectivity index (χ2n) is 4.33. The summed E-state index contributed by atoms with van der Waals surface area (Å²) in [7, 11) is 1.56. The van der Waals surface area contributed by atoms with Gasteiger partial charge in [0.2, 0.25) is 0 Å². The lowest BCUT2D eigenvalue weighted by Gasteiger charge is -2.26. The standard InChI is InChI=1S/C12H16F2N2O/c1-17-12(7-5-6-7)11(16-15)8-3-2-4-9(13)10(8)14/h2-4,7,11-12,16H,5-6,15H2,1H3. The van der Waals surface area contributed by atoms with Gasteiger partial charge < -0.3 is 4.74 Å². The fourth-order valence-corrected chi connectivity index (χ4v) is 2.15. The maximum atomic E-state index is 13.7. The predicted molar refractivity (Wildman–Crippen MR) is 59.9 cm³/mol. The average molecular weight is 242 g/mol. The first kappa shape index (κ1) is 12.4. The van der Waals surface area contributed by atoms with Crippen molar-refractivity contribution in [2.45, 2.75) is 25.0 Å². The summed E-state index contributed by atoms with van der Waals surface area (Å²) in [5.41, 5.74) is 2.74. The average Bonchev–Trinajstić information content (AvgIpc) is 3.14. The molecule has 0 bridgehead atoms. The van der Waals surface area contributed by atoms with Crippen molar-refractivity contribution in [2.24, 2.45) is 11.8 Å². The van der Waals surface area contributed by atoms with Crippen molar-refractivity contribution < 1.29 is 13.5 Å². The van der Waals surface area contributed by atoms with Gasteiger partial charge in [-0.05, 0) is 24.8 Å². The summed E-state index contributed by atoms with van der Waals surface area (Å²) in [5, 5.41) is 0. The van der Waals surface area contributed by atoms with Gasteiger partial charge in [0.05, 0.1) is 12.1 Å². The van der Waals surface area contributed by atoms with E-state index in [1.54, 1.807) is 7.11 Å². The molecule has 1 aliphatic carbocycles. The zero-order valence-electron chi connectivity index (χ0n) is 9.62. The number of halogens is 2. The molecule has 0 aliphatic heterocycles. The van der Waals surface area contributed by atoms with Crippen LogP contribution in [0.5, 0.6) is 0 Å². The SMILES string of the molecule is COC(C1CC1)C(NN)c1cccc(F)c1F. The van der Waals surface area contributed by atoms with Crippen molar-refractivity contribution in [1.82, 2.24) is 5.43 Å². The molecule has 3 N–H and O–H groups in total. The number of benzene rings is 1. The summed E-state index contributed by atoms with van der Waals surface area (Å²) >= 11 is 0. The van der Waals surface area contributed by atoms with Crippen LogP contribution in [0.1, 0.15) is 24.4 Å². The fraction of sp³-hybridized carbons (Fsp3) is 0.500. The van der Waals surface area contributed by atoms with Crippen LogP contribution in [-0.2, 0) is 4.74 Å². The van der Waals surface area contributed by atoms with Crippen LogP contribution in [0.25, 0.3) is 0 Å². The Morgan fingerprint density at radius 1 is 1.41 bits per heavy atom. The van der Waals surface area contributed by atoms with Gasteiger partial charge in [-0.15, -0.1) is 0 Å². The Balaban J connectivity index is 2.30. The number of methoxy groups -OCH3 is 1. The molecule has 17 heavy (non-hydrogen) atoms. The van der Waals surface area contributed by atoms with E-state index in [9.17, 15) is 8.78 Å². The summed E-state index contributed by atoms with van der Waals surface area (Å²) < 4.78 is 32.2. The number of hydrogen-bond acceptors (Lipinski definition) is 3. The third-order valence-electron chi connectivity index (χ3n) is 3.18. The van der Waals surface area contributed by atoms with E-state index < -0.39 is 17.7 Å². The number of hydrazine groups is 1. The van der Waals surface area contributed by atoms with E-state index >= 15 is 0 Å². The van der Waals surface area contributed by atoms with Crippen LogP contribution in [0.15, 0.2) is 18.2 Å². The van der Waals surface area contributed by atoms with Crippen LogP contribution >= 0.6 is 0 Å². The van der Waals surface area contributed by atoms with Gasteiger partial charge in [0.1, 0.15) is 0 Å². The molecule has 1 saturated carbocycles. The highest BCUT2D eigenvalue weighted by molar-refractivity contribution is 5.24. The molecule has 0 saturated heterocycles. The first-order valence-electron chi connectivity index (χ1n) is 5.62. The molecule has 94 valence electrons. The minimum atomic E-state index is -0.867. The van der Waals surface area contributed by atoms with Crippen LogP contribution in [0.2, 0.25) is 0 Å². The Morgan fingerprint density at radius 2 is 2.12 bits per heavy atom. The molecule has 2 atom stereocenters. The molecular weight excluding hydrogens is 226 g/mol. The Hall–Kier alpha value is -1.04. The minimum Gasteiger partial charge on any atom is -0.379 e. The fourth-order valence-electron chi connectivity index (χ4n) is 2.15. The second-order valence-corrected chi connectivity index (χ2v) is 4.33. The van der Waals surface area contributed by atoms with Gasteiger partial charge in [0, 0.05) is 12.7 Å². The van der Waals surface area contributed by atoms with E-state index in [1.165, 1.54) is 12.1 Å². The smallest absolute Gasteiger partial charge is 0.163 e. The molecule has 1 fully saturated rings. The van der Waals surface area contributed by atoms with Gasteiger partial charge in [0.15, 0.2) is 11.6 Å². The Kier molecular flexibility index (Phi) is 3.71. The molecule has 5 heteroatoms. The predicted octanol–water partition coefficient (Wildman–Crippen LogP) is 1.89. The van der Waals surface area contributed by atoms with Crippen LogP contribution < -0.4 is 11.3 Å². The molecule has 0 radical (unpaired) electrons. The van der Waals surface area contributed by atoms with E-state index in [2.05, 4.69) is 5.43 Å². The molecule has 2 rings (SSSR count). The van der Waals surface area contributed by atoms with Crippen molar-refractivity contribution in [1.29, 1.82) is 0 Å². The summed E-state index contributed by atoms with van der Waals surface area (Å²) in [6, 6.07) is 3.56. The number of ether oxygens (including phenoxy) is 1. The van der Waals surface area contributed by atoms with Crippen molar-refractivity contribution in [3.63, 3.8) is 0 Å². The Bertz CT molecular complexity index is 396. The van der Waals surface area contributed by atoms with E-state index in [0.717, 1.165) is 18.9 Å². The lowest BCUT2D eigenvalue weighted by atomic mass is 9.98. The summed E-state index contributed by atoms with van der Waals surface area (Å²) in [4.78, 5) is 0. The van der Waals surface area contributed by atoms with Gasteiger partial charge in [-0.3, -0.25) is 11.3 Å². The zero-order chi connectivity index (χ0) is 12.4. The molecule has 1 aliphatic rings. The molecule has 0 spiro atoms. The summed E-state index contributed by atoms with van der Waals surface area (Å²) in [6.45, 7) is 0. The van der Waals surface area contributed by atoms with Crippen molar-refractivity contribution in [3.8, 4) is 0 Å². The molecule has 3 nitrogen and oxygen atoms in total. The van der Waals surface area contributed by atoms with Crippen LogP contribution in [0.4, 0.5) is 8.78 Å². The maximum Gasteiger partial charge on any atom is 0.163 e. The quantitative estimate of drug-likeness (QED) is 0.612. The lowest BCUT2D eigenvalue weighted by Crippen LogP contribution is -2.39. The topological polar surface area (TPSA) is 47.3 Å². The lowest BCUT2D eigenvalue weighted by molar-refractivity contribution is 0.0494. The molecular formula is C12H16F2N2O. The van der Waals surface area contributed by atoms with Gasteiger partial charge in [-0.25, -0.2) is 8.78 Å². The van der Waals surface area contributed by atoms with E-state index in [0.29, 0.717) is 5.92 Å². The first-order valence-corrected chi connectivity index (χ1v) is 5.62. The second kappa shape index (κ2) is 5.08. The highest BCUT2D eigenvalue weighted by Crippen LogP contribution is 2.40. The van der Waals surface area contributed by atoms with E-state index in [-0.39, 0.29) is 11.7 Å². The third-order valence-corrected chi connectivity index (χ3v) is 3.18. The van der Waals surface area contributed by atoms with Gasteiger partial charge in [-0.1, -0.05) is 12.1 Å². The molecule has 1 aromatic carbocycles. The van der Waals surface area contributed by atoms with Gasteiger partial charge in [-0.2, -0.15) is 0 Å². The Labute approximate surface area is 98.9 Å². The number of hydrogen-bond donors (Lipinski definition) is 2. The van der Waals surface area contributed by atoms with Crippen molar-refractivity contribution in [2.75, 3.05) is 7.11 Å². The molecule has 0 aromatic heterocycles. The summed E-state index contributed by atoms with van der Waals surface area (Å²) in [6.07, 6.45) is 1.85. The normalized spacial score (nSPS) is 19.1. The first-order chi connectivity index (χ1) is 8.19. The van der Waals surface area contributed by atoms with Gasteiger partial charge in [0.25, 0.3) is 0 Å².